The summed E-state index contributed by atoms with van der Waals surface area (Å²) in [6.07, 6.45) is 4.55. The van der Waals surface area contributed by atoms with Crippen molar-refractivity contribution in [3.8, 4) is 0 Å². The summed E-state index contributed by atoms with van der Waals surface area (Å²) in [4.78, 5) is 11.9. The van der Waals surface area contributed by atoms with E-state index in [0.29, 0.717) is 6.54 Å². The van der Waals surface area contributed by atoms with Crippen LogP contribution in [0.1, 0.15) is 31.2 Å². The fraction of sp³-hybridized carbons (Fsp3) is 0.583. The molecule has 0 spiro atoms. The fourth-order valence-corrected chi connectivity index (χ4v) is 2.63. The van der Waals surface area contributed by atoms with Crippen molar-refractivity contribution in [3.05, 3.63) is 22.4 Å². The molecule has 1 unspecified atom stereocenters. The number of hydrogen-bond acceptors (Lipinski definition) is 3. The van der Waals surface area contributed by atoms with Crippen molar-refractivity contribution in [1.29, 1.82) is 0 Å². The Bertz CT molecular complexity index is 316. The van der Waals surface area contributed by atoms with Crippen LogP contribution in [-0.4, -0.2) is 18.5 Å². The van der Waals surface area contributed by atoms with Gasteiger partial charge in [0, 0.05) is 6.54 Å². The van der Waals surface area contributed by atoms with E-state index in [9.17, 15) is 4.79 Å². The van der Waals surface area contributed by atoms with Gasteiger partial charge in [0.1, 0.15) is 0 Å². The Hall–Kier alpha value is -0.870. The second-order valence-electron chi connectivity index (χ2n) is 4.21. The van der Waals surface area contributed by atoms with Gasteiger partial charge in [-0.25, -0.2) is 0 Å². The Balaban J connectivity index is 1.78. The summed E-state index contributed by atoms with van der Waals surface area (Å²) >= 11 is 1.66. The van der Waals surface area contributed by atoms with Gasteiger partial charge in [0.2, 0.25) is 5.91 Å². The standard InChI is InChI=1S/C12H18N2OS/c15-12(11-4-2-1-3-6-13-11)14-8-10-5-7-16-9-10/h5,7,9,11,13H,1-4,6,8H2,(H,14,15). The van der Waals surface area contributed by atoms with Gasteiger partial charge in [-0.15, -0.1) is 0 Å². The molecule has 0 radical (unpaired) electrons. The smallest absolute Gasteiger partial charge is 0.237 e. The van der Waals surface area contributed by atoms with Crippen LogP contribution in [0.2, 0.25) is 0 Å². The van der Waals surface area contributed by atoms with Gasteiger partial charge in [-0.05, 0) is 41.8 Å². The highest BCUT2D eigenvalue weighted by Crippen LogP contribution is 2.09. The average Bonchev–Trinajstić information content (AvgIpc) is 2.66. The first kappa shape index (κ1) is 11.6. The Morgan fingerprint density at radius 2 is 2.44 bits per heavy atom. The number of rotatable bonds is 3. The Kier molecular flexibility index (Phi) is 4.36. The largest absolute Gasteiger partial charge is 0.351 e. The summed E-state index contributed by atoms with van der Waals surface area (Å²) in [6.45, 7) is 1.62. The molecular weight excluding hydrogens is 220 g/mol. The molecule has 2 rings (SSSR count). The molecule has 0 bridgehead atoms. The zero-order valence-corrected chi connectivity index (χ0v) is 10.2. The second kappa shape index (κ2) is 6.01. The van der Waals surface area contributed by atoms with Crippen LogP contribution in [0.15, 0.2) is 16.8 Å². The Labute approximate surface area is 100 Å². The van der Waals surface area contributed by atoms with Crippen LogP contribution in [0.4, 0.5) is 0 Å². The molecule has 1 aliphatic heterocycles. The van der Waals surface area contributed by atoms with E-state index >= 15 is 0 Å². The van der Waals surface area contributed by atoms with Crippen LogP contribution in [0, 0.1) is 0 Å². The molecule has 88 valence electrons. The van der Waals surface area contributed by atoms with Gasteiger partial charge in [0.25, 0.3) is 0 Å². The molecule has 0 saturated carbocycles. The van der Waals surface area contributed by atoms with Gasteiger partial charge < -0.3 is 10.6 Å². The molecule has 1 amide bonds. The van der Waals surface area contributed by atoms with Crippen molar-refractivity contribution in [2.45, 2.75) is 38.3 Å². The van der Waals surface area contributed by atoms with Gasteiger partial charge in [0.15, 0.2) is 0 Å². The van der Waals surface area contributed by atoms with Gasteiger partial charge in [-0.1, -0.05) is 12.8 Å². The monoisotopic (exact) mass is 238 g/mol. The zero-order valence-electron chi connectivity index (χ0n) is 9.37. The fourth-order valence-electron chi connectivity index (χ4n) is 1.96. The molecule has 0 aliphatic carbocycles. The van der Waals surface area contributed by atoms with E-state index in [1.54, 1.807) is 11.3 Å². The first-order chi connectivity index (χ1) is 7.86. The Morgan fingerprint density at radius 3 is 3.25 bits per heavy atom. The number of nitrogens with one attached hydrogen (secondary N) is 2. The number of thiophene rings is 1. The Morgan fingerprint density at radius 1 is 1.50 bits per heavy atom. The maximum absolute atomic E-state index is 11.9. The van der Waals surface area contributed by atoms with Crippen molar-refractivity contribution >= 4 is 17.2 Å². The van der Waals surface area contributed by atoms with E-state index in [-0.39, 0.29) is 11.9 Å². The van der Waals surface area contributed by atoms with Gasteiger partial charge in [-0.3, -0.25) is 4.79 Å². The summed E-state index contributed by atoms with van der Waals surface area (Å²) in [5.74, 6) is 0.146. The molecule has 4 heteroatoms. The molecule has 1 fully saturated rings. The molecular formula is C12H18N2OS. The van der Waals surface area contributed by atoms with E-state index in [1.807, 2.05) is 11.4 Å². The zero-order chi connectivity index (χ0) is 11.2. The first-order valence-electron chi connectivity index (χ1n) is 5.88. The van der Waals surface area contributed by atoms with Crippen LogP contribution in [0.5, 0.6) is 0 Å². The summed E-state index contributed by atoms with van der Waals surface area (Å²) in [5, 5.41) is 10.4. The van der Waals surface area contributed by atoms with E-state index in [2.05, 4.69) is 16.0 Å². The molecule has 1 atom stereocenters. The van der Waals surface area contributed by atoms with Crippen LogP contribution in [-0.2, 0) is 11.3 Å². The maximum atomic E-state index is 11.9. The molecule has 1 aromatic rings. The highest BCUT2D eigenvalue weighted by Gasteiger charge is 2.18. The highest BCUT2D eigenvalue weighted by molar-refractivity contribution is 7.07. The molecule has 0 aromatic carbocycles. The summed E-state index contributed by atoms with van der Waals surface area (Å²) in [5.41, 5.74) is 1.19. The van der Waals surface area contributed by atoms with E-state index in [4.69, 9.17) is 0 Å². The third kappa shape index (κ3) is 3.32. The molecule has 2 N–H and O–H groups in total. The first-order valence-corrected chi connectivity index (χ1v) is 6.83. The quantitative estimate of drug-likeness (QED) is 0.844. The minimum Gasteiger partial charge on any atom is -0.351 e. The van der Waals surface area contributed by atoms with Gasteiger partial charge in [0.05, 0.1) is 6.04 Å². The van der Waals surface area contributed by atoms with Crippen molar-refractivity contribution in [3.63, 3.8) is 0 Å². The number of hydrogen-bond donors (Lipinski definition) is 2. The van der Waals surface area contributed by atoms with Crippen molar-refractivity contribution < 1.29 is 4.79 Å². The summed E-state index contributed by atoms with van der Waals surface area (Å²) in [7, 11) is 0. The number of amides is 1. The van der Waals surface area contributed by atoms with E-state index < -0.39 is 0 Å². The lowest BCUT2D eigenvalue weighted by atomic mass is 10.1. The summed E-state index contributed by atoms with van der Waals surface area (Å²) in [6, 6.07) is 2.06. The van der Waals surface area contributed by atoms with E-state index in [1.165, 1.54) is 18.4 Å². The lowest BCUT2D eigenvalue weighted by molar-refractivity contribution is -0.123. The SMILES string of the molecule is O=C(NCc1ccsc1)C1CCCCCN1. The topological polar surface area (TPSA) is 41.1 Å². The lowest BCUT2D eigenvalue weighted by Crippen LogP contribution is -2.43. The summed E-state index contributed by atoms with van der Waals surface area (Å²) < 4.78 is 0. The van der Waals surface area contributed by atoms with Crippen LogP contribution in [0.3, 0.4) is 0 Å². The van der Waals surface area contributed by atoms with Gasteiger partial charge >= 0.3 is 0 Å². The average molecular weight is 238 g/mol. The molecule has 3 nitrogen and oxygen atoms in total. The predicted octanol–water partition coefficient (Wildman–Crippen LogP) is 1.90. The normalized spacial score (nSPS) is 21.4. The van der Waals surface area contributed by atoms with Crippen LogP contribution < -0.4 is 10.6 Å². The van der Waals surface area contributed by atoms with Crippen molar-refractivity contribution in [2.75, 3.05) is 6.54 Å². The lowest BCUT2D eigenvalue weighted by Gasteiger charge is -2.15. The molecule has 1 aliphatic rings. The molecule has 1 saturated heterocycles. The van der Waals surface area contributed by atoms with Crippen molar-refractivity contribution in [1.82, 2.24) is 10.6 Å². The molecule has 2 heterocycles. The van der Waals surface area contributed by atoms with Crippen LogP contribution in [0.25, 0.3) is 0 Å². The molecule has 16 heavy (non-hydrogen) atoms. The maximum Gasteiger partial charge on any atom is 0.237 e. The van der Waals surface area contributed by atoms with Gasteiger partial charge in [-0.2, -0.15) is 11.3 Å². The predicted molar refractivity (Wildman–Crippen MR) is 66.4 cm³/mol. The van der Waals surface area contributed by atoms with Crippen LogP contribution >= 0.6 is 11.3 Å². The minimum atomic E-state index is 0.0149. The number of carbonyl (C=O) groups excluding carboxylic acids is 1. The molecule has 1 aromatic heterocycles. The third-order valence-electron chi connectivity index (χ3n) is 2.92. The van der Waals surface area contributed by atoms with E-state index in [0.717, 1.165) is 19.4 Å². The number of carbonyl (C=O) groups is 1. The highest BCUT2D eigenvalue weighted by atomic mass is 32.1. The second-order valence-corrected chi connectivity index (χ2v) is 4.99. The minimum absolute atomic E-state index is 0.0149. The third-order valence-corrected chi connectivity index (χ3v) is 3.66. The van der Waals surface area contributed by atoms with Crippen molar-refractivity contribution in [2.24, 2.45) is 0 Å².